The van der Waals surface area contributed by atoms with Crippen LogP contribution in [0.3, 0.4) is 0 Å². The van der Waals surface area contributed by atoms with E-state index in [0.29, 0.717) is 0 Å². The number of nitrogens with zero attached hydrogens (tertiary/aromatic N) is 2. The number of aromatic nitrogens is 2. The molecule has 1 unspecified atom stereocenters. The Balaban J connectivity index is 2.11. The second kappa shape index (κ2) is 6.29. The van der Waals surface area contributed by atoms with Crippen LogP contribution in [0.5, 0.6) is 0 Å². The maximum atomic E-state index is 12.1. The fourth-order valence-corrected chi connectivity index (χ4v) is 2.60. The van der Waals surface area contributed by atoms with Gasteiger partial charge in [0.25, 0.3) is 5.91 Å². The highest BCUT2D eigenvalue weighted by Crippen LogP contribution is 2.23. The monoisotopic (exact) mass is 276 g/mol. The Hall–Kier alpha value is -1.95. The summed E-state index contributed by atoms with van der Waals surface area (Å²) < 4.78 is 0. The zero-order valence-electron chi connectivity index (χ0n) is 10.7. The third-order valence-corrected chi connectivity index (χ3v) is 3.64. The fraction of sp³-hybridized carbons (Fsp3) is 0.308. The van der Waals surface area contributed by atoms with Crippen molar-refractivity contribution < 1.29 is 4.79 Å². The Morgan fingerprint density at radius 3 is 3.00 bits per heavy atom. The normalized spacial score (nSPS) is 12.1. The van der Waals surface area contributed by atoms with Crippen molar-refractivity contribution in [2.75, 3.05) is 5.73 Å². The average Bonchev–Trinajstić information content (AvgIpc) is 2.92. The van der Waals surface area contributed by atoms with Gasteiger partial charge in [-0.25, -0.2) is 4.98 Å². The molecule has 6 heteroatoms. The first-order valence-corrected chi connectivity index (χ1v) is 7.00. The molecule has 0 saturated carbocycles. The molecule has 2 rings (SSSR count). The van der Waals surface area contributed by atoms with Gasteiger partial charge in [-0.3, -0.25) is 9.78 Å². The zero-order chi connectivity index (χ0) is 13.7. The highest BCUT2D eigenvalue weighted by molar-refractivity contribution is 7.10. The molecule has 0 bridgehead atoms. The Bertz CT molecular complexity index is 541. The van der Waals surface area contributed by atoms with Gasteiger partial charge in [-0.1, -0.05) is 19.4 Å². The van der Waals surface area contributed by atoms with Gasteiger partial charge in [-0.05, 0) is 17.9 Å². The van der Waals surface area contributed by atoms with Crippen molar-refractivity contribution >= 4 is 23.1 Å². The van der Waals surface area contributed by atoms with Crippen LogP contribution in [0.15, 0.2) is 29.9 Å². The summed E-state index contributed by atoms with van der Waals surface area (Å²) in [7, 11) is 0. The van der Waals surface area contributed by atoms with Crippen molar-refractivity contribution in [1.29, 1.82) is 0 Å². The highest BCUT2D eigenvalue weighted by Gasteiger charge is 2.17. The molecule has 1 amide bonds. The molecular weight excluding hydrogens is 260 g/mol. The van der Waals surface area contributed by atoms with Gasteiger partial charge in [0.1, 0.15) is 11.5 Å². The Kier molecular flexibility index (Phi) is 4.46. The number of nitrogens with one attached hydrogen (secondary N) is 1. The number of thiophene rings is 1. The first kappa shape index (κ1) is 13.5. The van der Waals surface area contributed by atoms with Crippen molar-refractivity contribution in [3.63, 3.8) is 0 Å². The number of amides is 1. The largest absolute Gasteiger partial charge is 0.382 e. The van der Waals surface area contributed by atoms with Crippen LogP contribution in [0.25, 0.3) is 0 Å². The van der Waals surface area contributed by atoms with Gasteiger partial charge in [0, 0.05) is 4.88 Å². The van der Waals surface area contributed by atoms with E-state index in [0.717, 1.165) is 17.7 Å². The number of anilines is 1. The van der Waals surface area contributed by atoms with Gasteiger partial charge in [-0.15, -0.1) is 11.3 Å². The number of carbonyl (C=O) groups excluding carboxylic acids is 1. The number of hydrogen-bond acceptors (Lipinski definition) is 5. The maximum Gasteiger partial charge on any atom is 0.272 e. The topological polar surface area (TPSA) is 80.9 Å². The maximum absolute atomic E-state index is 12.1. The van der Waals surface area contributed by atoms with Crippen molar-refractivity contribution in [2.45, 2.75) is 25.8 Å². The highest BCUT2D eigenvalue weighted by atomic mass is 32.1. The van der Waals surface area contributed by atoms with Crippen LogP contribution in [-0.4, -0.2) is 15.9 Å². The summed E-state index contributed by atoms with van der Waals surface area (Å²) in [5, 5.41) is 4.98. The number of hydrogen-bond donors (Lipinski definition) is 2. The fourth-order valence-electron chi connectivity index (χ4n) is 1.79. The van der Waals surface area contributed by atoms with Crippen LogP contribution in [0, 0.1) is 0 Å². The molecule has 2 heterocycles. The van der Waals surface area contributed by atoms with Crippen LogP contribution in [0.4, 0.5) is 5.82 Å². The summed E-state index contributed by atoms with van der Waals surface area (Å²) in [6, 6.07) is 4.02. The molecule has 3 N–H and O–H groups in total. The molecule has 0 aliphatic carbocycles. The minimum atomic E-state index is -0.244. The molecule has 0 radical (unpaired) electrons. The lowest BCUT2D eigenvalue weighted by molar-refractivity contribution is 0.0930. The van der Waals surface area contributed by atoms with Gasteiger partial charge in [-0.2, -0.15) is 0 Å². The van der Waals surface area contributed by atoms with E-state index >= 15 is 0 Å². The van der Waals surface area contributed by atoms with Gasteiger partial charge in [0.05, 0.1) is 18.4 Å². The van der Waals surface area contributed by atoms with Crippen molar-refractivity contribution in [3.05, 3.63) is 40.5 Å². The molecule has 0 spiro atoms. The second-order valence-electron chi connectivity index (χ2n) is 4.16. The standard InChI is InChI=1S/C13H16N4OS/c1-2-4-9(11-5-3-6-19-11)17-13(18)10-7-15-8-12(14)16-10/h3,5-9H,2,4H2,1H3,(H2,14,16)(H,17,18). The Labute approximate surface area is 115 Å². The van der Waals surface area contributed by atoms with E-state index in [9.17, 15) is 4.79 Å². The number of carbonyl (C=O) groups is 1. The van der Waals surface area contributed by atoms with Gasteiger partial charge in [0.2, 0.25) is 0 Å². The smallest absolute Gasteiger partial charge is 0.272 e. The van der Waals surface area contributed by atoms with E-state index in [2.05, 4.69) is 22.2 Å². The van der Waals surface area contributed by atoms with E-state index < -0.39 is 0 Å². The molecule has 0 saturated heterocycles. The predicted molar refractivity (Wildman–Crippen MR) is 75.9 cm³/mol. The van der Waals surface area contributed by atoms with Crippen LogP contribution in [0.2, 0.25) is 0 Å². The summed E-state index contributed by atoms with van der Waals surface area (Å²) >= 11 is 1.64. The first-order valence-electron chi connectivity index (χ1n) is 6.12. The summed E-state index contributed by atoms with van der Waals surface area (Å²) in [4.78, 5) is 21.1. The lowest BCUT2D eigenvalue weighted by atomic mass is 10.1. The second-order valence-corrected chi connectivity index (χ2v) is 5.14. The summed E-state index contributed by atoms with van der Waals surface area (Å²) in [6.45, 7) is 2.09. The van der Waals surface area contributed by atoms with Crippen molar-refractivity contribution in [1.82, 2.24) is 15.3 Å². The van der Waals surface area contributed by atoms with Crippen LogP contribution in [0.1, 0.15) is 41.2 Å². The minimum Gasteiger partial charge on any atom is -0.382 e. The molecule has 19 heavy (non-hydrogen) atoms. The van der Waals surface area contributed by atoms with Gasteiger partial charge in [0.15, 0.2) is 0 Å². The van der Waals surface area contributed by atoms with Gasteiger partial charge < -0.3 is 11.1 Å². The molecule has 0 aliphatic heterocycles. The molecule has 0 aromatic carbocycles. The number of rotatable bonds is 5. The SMILES string of the molecule is CCCC(NC(=O)c1cncc(N)n1)c1cccs1. The number of nitrogen functional groups attached to an aromatic ring is 1. The van der Waals surface area contributed by atoms with Crippen LogP contribution >= 0.6 is 11.3 Å². The quantitative estimate of drug-likeness (QED) is 0.878. The summed E-state index contributed by atoms with van der Waals surface area (Å²) in [5.74, 6) is 0.00228. The Morgan fingerprint density at radius 2 is 2.37 bits per heavy atom. The first-order chi connectivity index (χ1) is 9.20. The lowest BCUT2D eigenvalue weighted by Gasteiger charge is -2.16. The lowest BCUT2D eigenvalue weighted by Crippen LogP contribution is -2.29. The van der Waals surface area contributed by atoms with E-state index in [-0.39, 0.29) is 23.5 Å². The van der Waals surface area contributed by atoms with E-state index in [1.165, 1.54) is 12.4 Å². The third kappa shape index (κ3) is 3.51. The summed E-state index contributed by atoms with van der Waals surface area (Å²) in [6.07, 6.45) is 4.72. The average molecular weight is 276 g/mol. The van der Waals surface area contributed by atoms with Gasteiger partial charge >= 0.3 is 0 Å². The third-order valence-electron chi connectivity index (χ3n) is 2.66. The predicted octanol–water partition coefficient (Wildman–Crippen LogP) is 2.39. The van der Waals surface area contributed by atoms with Crippen molar-refractivity contribution in [3.8, 4) is 0 Å². The Morgan fingerprint density at radius 1 is 1.53 bits per heavy atom. The van der Waals surface area contributed by atoms with E-state index in [4.69, 9.17) is 5.73 Å². The molecule has 5 nitrogen and oxygen atoms in total. The zero-order valence-corrected chi connectivity index (χ0v) is 11.5. The molecule has 1 atom stereocenters. The minimum absolute atomic E-state index is 0.0146. The number of nitrogens with two attached hydrogens (primary N) is 1. The van der Waals surface area contributed by atoms with Crippen LogP contribution in [-0.2, 0) is 0 Å². The molecular formula is C13H16N4OS. The molecule has 0 fully saturated rings. The molecule has 100 valence electrons. The van der Waals surface area contributed by atoms with Crippen molar-refractivity contribution in [2.24, 2.45) is 0 Å². The van der Waals surface area contributed by atoms with E-state index in [1.807, 2.05) is 17.5 Å². The van der Waals surface area contributed by atoms with E-state index in [1.54, 1.807) is 11.3 Å². The molecule has 2 aromatic rings. The van der Waals surface area contributed by atoms with Crippen LogP contribution < -0.4 is 11.1 Å². The molecule has 2 aromatic heterocycles. The summed E-state index contributed by atoms with van der Waals surface area (Å²) in [5.41, 5.74) is 5.78. The molecule has 0 aliphatic rings.